The Labute approximate surface area is 140 Å². The zero-order valence-corrected chi connectivity index (χ0v) is 14.4. The molecule has 0 bridgehead atoms. The Morgan fingerprint density at radius 1 is 1.25 bits per heavy atom. The first-order chi connectivity index (χ1) is 11.3. The van der Waals surface area contributed by atoms with E-state index in [9.17, 15) is 8.42 Å². The molecule has 0 aliphatic carbocycles. The number of benzene rings is 1. The van der Waals surface area contributed by atoms with E-state index in [0.717, 1.165) is 11.1 Å². The molecule has 0 aliphatic rings. The number of rotatable bonds is 5. The Hall–Kier alpha value is -2.68. The molecule has 3 rings (SSSR count). The SMILES string of the molecule is Cc1cccc(Cn2cnc(NS(=O)(=O)c3cnn(C)c3C)n2)c1. The molecule has 0 saturated carbocycles. The van der Waals surface area contributed by atoms with Crippen LogP contribution in [0.15, 0.2) is 41.7 Å². The molecule has 0 saturated heterocycles. The largest absolute Gasteiger partial charge is 0.272 e. The fraction of sp³-hybridized carbons (Fsp3) is 0.267. The molecule has 1 aromatic carbocycles. The zero-order chi connectivity index (χ0) is 17.3. The zero-order valence-electron chi connectivity index (χ0n) is 13.6. The average Bonchev–Trinajstić information content (AvgIpc) is 3.06. The lowest BCUT2D eigenvalue weighted by atomic mass is 10.1. The van der Waals surface area contributed by atoms with Gasteiger partial charge in [0.2, 0.25) is 0 Å². The predicted molar refractivity (Wildman–Crippen MR) is 89.1 cm³/mol. The van der Waals surface area contributed by atoms with Crippen molar-refractivity contribution in [3.63, 3.8) is 0 Å². The maximum atomic E-state index is 12.4. The molecule has 2 aromatic heterocycles. The van der Waals surface area contributed by atoms with Gasteiger partial charge in [0, 0.05) is 7.05 Å². The summed E-state index contributed by atoms with van der Waals surface area (Å²) in [6, 6.07) is 8.01. The fourth-order valence-electron chi connectivity index (χ4n) is 2.33. The van der Waals surface area contributed by atoms with E-state index < -0.39 is 10.0 Å². The molecule has 0 amide bonds. The molecular weight excluding hydrogens is 328 g/mol. The van der Waals surface area contributed by atoms with Gasteiger partial charge in [0.05, 0.1) is 18.4 Å². The quantitative estimate of drug-likeness (QED) is 0.755. The Morgan fingerprint density at radius 2 is 2.04 bits per heavy atom. The van der Waals surface area contributed by atoms with Crippen molar-refractivity contribution in [3.05, 3.63) is 53.6 Å². The number of hydrogen-bond acceptors (Lipinski definition) is 5. The second kappa shape index (κ2) is 6.08. The Morgan fingerprint density at radius 3 is 2.71 bits per heavy atom. The first kappa shape index (κ1) is 16.2. The summed E-state index contributed by atoms with van der Waals surface area (Å²) in [4.78, 5) is 4.13. The van der Waals surface area contributed by atoms with Gasteiger partial charge in [-0.3, -0.25) is 4.68 Å². The average molecular weight is 346 g/mol. The number of hydrogen-bond donors (Lipinski definition) is 1. The molecule has 9 heteroatoms. The van der Waals surface area contributed by atoms with Crippen LogP contribution in [-0.2, 0) is 23.6 Å². The maximum absolute atomic E-state index is 12.4. The summed E-state index contributed by atoms with van der Waals surface area (Å²) < 4.78 is 30.3. The third kappa shape index (κ3) is 3.30. The van der Waals surface area contributed by atoms with Crippen LogP contribution in [0.4, 0.5) is 5.95 Å². The van der Waals surface area contributed by atoms with Gasteiger partial charge in [-0.05, 0) is 19.4 Å². The molecule has 3 aromatic rings. The van der Waals surface area contributed by atoms with E-state index in [0.29, 0.717) is 12.2 Å². The Kier molecular flexibility index (Phi) is 4.10. The third-order valence-corrected chi connectivity index (χ3v) is 5.10. The summed E-state index contributed by atoms with van der Waals surface area (Å²) in [5.41, 5.74) is 2.76. The van der Waals surface area contributed by atoms with Crippen molar-refractivity contribution < 1.29 is 8.42 Å². The second-order valence-corrected chi connectivity index (χ2v) is 7.23. The molecule has 8 nitrogen and oxygen atoms in total. The topological polar surface area (TPSA) is 94.7 Å². The highest BCUT2D eigenvalue weighted by Gasteiger charge is 2.21. The Balaban J connectivity index is 1.77. The summed E-state index contributed by atoms with van der Waals surface area (Å²) in [5.74, 6) is 0.0332. The number of nitrogens with one attached hydrogen (secondary N) is 1. The van der Waals surface area contributed by atoms with Crippen molar-refractivity contribution in [2.24, 2.45) is 7.05 Å². The molecule has 0 fully saturated rings. The lowest BCUT2D eigenvalue weighted by molar-refractivity contribution is 0.599. The van der Waals surface area contributed by atoms with E-state index in [1.807, 2.05) is 31.2 Å². The number of aryl methyl sites for hydroxylation is 2. The summed E-state index contributed by atoms with van der Waals surface area (Å²) in [5, 5.41) is 8.12. The molecule has 1 N–H and O–H groups in total. The smallest absolute Gasteiger partial charge is 0.267 e. The van der Waals surface area contributed by atoms with Crippen molar-refractivity contribution >= 4 is 16.0 Å². The molecule has 0 unspecified atom stereocenters. The van der Waals surface area contributed by atoms with E-state index >= 15 is 0 Å². The van der Waals surface area contributed by atoms with E-state index in [1.165, 1.54) is 17.2 Å². The van der Waals surface area contributed by atoms with Gasteiger partial charge >= 0.3 is 0 Å². The molecule has 24 heavy (non-hydrogen) atoms. The van der Waals surface area contributed by atoms with Gasteiger partial charge < -0.3 is 0 Å². The monoisotopic (exact) mass is 346 g/mol. The number of aromatic nitrogens is 5. The van der Waals surface area contributed by atoms with Gasteiger partial charge in [0.25, 0.3) is 16.0 Å². The summed E-state index contributed by atoms with van der Waals surface area (Å²) in [7, 11) is -2.08. The van der Waals surface area contributed by atoms with Crippen molar-refractivity contribution in [2.45, 2.75) is 25.3 Å². The standard InChI is InChI=1S/C15H18N6O2S/c1-11-5-4-6-13(7-11)9-21-10-16-15(18-21)19-24(22,23)14-8-17-20(3)12(14)2/h4-8,10H,9H2,1-3H3,(H,18,19). The summed E-state index contributed by atoms with van der Waals surface area (Å²) in [6.45, 7) is 4.22. The molecule has 0 aliphatic heterocycles. The minimum Gasteiger partial charge on any atom is -0.272 e. The van der Waals surface area contributed by atoms with Crippen LogP contribution in [0.1, 0.15) is 16.8 Å². The van der Waals surface area contributed by atoms with Crippen LogP contribution in [0.25, 0.3) is 0 Å². The van der Waals surface area contributed by atoms with Crippen molar-refractivity contribution in [1.82, 2.24) is 24.5 Å². The van der Waals surface area contributed by atoms with Crippen molar-refractivity contribution in [2.75, 3.05) is 4.72 Å². The third-order valence-electron chi connectivity index (χ3n) is 3.67. The molecule has 0 atom stereocenters. The molecule has 0 spiro atoms. The van der Waals surface area contributed by atoms with Gasteiger partial charge in [0.1, 0.15) is 11.2 Å². The highest BCUT2D eigenvalue weighted by molar-refractivity contribution is 7.92. The Bertz CT molecular complexity index is 974. The van der Waals surface area contributed by atoms with Gasteiger partial charge in [-0.25, -0.2) is 17.8 Å². The van der Waals surface area contributed by atoms with Crippen LogP contribution >= 0.6 is 0 Å². The highest BCUT2D eigenvalue weighted by atomic mass is 32.2. The van der Waals surface area contributed by atoms with Crippen LogP contribution in [0.3, 0.4) is 0 Å². The van der Waals surface area contributed by atoms with Crippen molar-refractivity contribution in [3.8, 4) is 0 Å². The lowest BCUT2D eigenvalue weighted by Gasteiger charge is -2.04. The van der Waals surface area contributed by atoms with Crippen molar-refractivity contribution in [1.29, 1.82) is 0 Å². The van der Waals surface area contributed by atoms with E-state index in [1.54, 1.807) is 18.7 Å². The molecule has 0 radical (unpaired) electrons. The summed E-state index contributed by atoms with van der Waals surface area (Å²) >= 11 is 0. The van der Waals surface area contributed by atoms with Gasteiger partial charge in [0.15, 0.2) is 0 Å². The normalized spacial score (nSPS) is 11.6. The molecular formula is C15H18N6O2S. The minimum absolute atomic E-state index is 0.0332. The van der Waals surface area contributed by atoms with Crippen LogP contribution < -0.4 is 4.72 Å². The van der Waals surface area contributed by atoms with Gasteiger partial charge in [-0.1, -0.05) is 29.8 Å². The minimum atomic E-state index is -3.76. The van der Waals surface area contributed by atoms with E-state index in [4.69, 9.17) is 0 Å². The fourth-order valence-corrected chi connectivity index (χ4v) is 3.48. The van der Waals surface area contributed by atoms with E-state index in [-0.39, 0.29) is 10.8 Å². The second-order valence-electron chi connectivity index (χ2n) is 5.58. The van der Waals surface area contributed by atoms with Crippen LogP contribution in [0.2, 0.25) is 0 Å². The predicted octanol–water partition coefficient (Wildman–Crippen LogP) is 1.48. The first-order valence-electron chi connectivity index (χ1n) is 7.31. The first-order valence-corrected chi connectivity index (χ1v) is 8.80. The lowest BCUT2D eigenvalue weighted by Crippen LogP contribution is -2.15. The number of sulfonamides is 1. The van der Waals surface area contributed by atoms with E-state index in [2.05, 4.69) is 19.9 Å². The van der Waals surface area contributed by atoms with Gasteiger partial charge in [-0.2, -0.15) is 10.1 Å². The summed E-state index contributed by atoms with van der Waals surface area (Å²) in [6.07, 6.45) is 2.80. The van der Waals surface area contributed by atoms with Crippen LogP contribution in [0, 0.1) is 13.8 Å². The number of nitrogens with zero attached hydrogens (tertiary/aromatic N) is 5. The molecule has 2 heterocycles. The number of anilines is 1. The van der Waals surface area contributed by atoms with Gasteiger partial charge in [-0.15, -0.1) is 5.10 Å². The van der Waals surface area contributed by atoms with Crippen LogP contribution in [-0.4, -0.2) is 33.0 Å². The highest BCUT2D eigenvalue weighted by Crippen LogP contribution is 2.16. The van der Waals surface area contributed by atoms with Crippen LogP contribution in [0.5, 0.6) is 0 Å². The maximum Gasteiger partial charge on any atom is 0.267 e. The molecule has 126 valence electrons.